The van der Waals surface area contributed by atoms with Gasteiger partial charge in [0, 0.05) is 6.07 Å². The molecule has 4 heteroatoms. The van der Waals surface area contributed by atoms with Crippen molar-refractivity contribution in [1.29, 1.82) is 0 Å². The second kappa shape index (κ2) is 5.73. The summed E-state index contributed by atoms with van der Waals surface area (Å²) in [4.78, 5) is 22.2. The summed E-state index contributed by atoms with van der Waals surface area (Å²) in [6.45, 7) is 0. The molecule has 0 aliphatic heterocycles. The summed E-state index contributed by atoms with van der Waals surface area (Å²) in [6, 6.07) is 15.2. The fraction of sp³-hybridized carbons (Fsp3) is 0. The number of carbonyl (C=O) groups is 1. The lowest BCUT2D eigenvalue weighted by Crippen LogP contribution is -2.00. The van der Waals surface area contributed by atoms with Crippen LogP contribution in [-0.4, -0.2) is 10.7 Å². The van der Waals surface area contributed by atoms with Gasteiger partial charge in [-0.2, -0.15) is 0 Å². The molecule has 2 aromatic carbocycles. The van der Waals surface area contributed by atoms with Gasteiger partial charge in [0.2, 0.25) is 0 Å². The highest BCUT2D eigenvalue weighted by Gasteiger charge is 2.16. The Balaban J connectivity index is 2.26. The van der Waals surface area contributed by atoms with E-state index in [4.69, 9.17) is 0 Å². The average Bonchev–Trinajstić information content (AvgIpc) is 2.46. The number of nitrogens with zero attached hydrogens (tertiary/aromatic N) is 1. The van der Waals surface area contributed by atoms with E-state index in [-0.39, 0.29) is 17.0 Å². The predicted molar refractivity (Wildman–Crippen MR) is 72.9 cm³/mol. The summed E-state index contributed by atoms with van der Waals surface area (Å²) < 4.78 is 0. The van der Waals surface area contributed by atoms with Crippen LogP contribution in [0.4, 0.5) is 5.69 Å². The summed E-state index contributed by atoms with van der Waals surface area (Å²) in [5.41, 5.74) is 0.791. The first kappa shape index (κ1) is 12.7. The Morgan fingerprint density at radius 3 is 2.32 bits per heavy atom. The summed E-state index contributed by atoms with van der Waals surface area (Å²) in [6.07, 6.45) is 2.98. The van der Waals surface area contributed by atoms with Crippen LogP contribution in [0.2, 0.25) is 0 Å². The molecule has 0 fully saturated rings. The minimum absolute atomic E-state index is 0.0969. The summed E-state index contributed by atoms with van der Waals surface area (Å²) in [5.74, 6) is -0.379. The minimum atomic E-state index is -0.552. The van der Waals surface area contributed by atoms with Gasteiger partial charge in [-0.05, 0) is 17.7 Å². The lowest BCUT2D eigenvalue weighted by atomic mass is 10.1. The summed E-state index contributed by atoms with van der Waals surface area (Å²) in [5, 5.41) is 10.8. The maximum Gasteiger partial charge on any atom is 0.280 e. The quantitative estimate of drug-likeness (QED) is 0.362. The molecule has 0 aliphatic carbocycles. The van der Waals surface area contributed by atoms with Crippen molar-refractivity contribution < 1.29 is 9.72 Å². The van der Waals surface area contributed by atoms with E-state index in [1.54, 1.807) is 12.1 Å². The third-order valence-electron chi connectivity index (χ3n) is 2.59. The van der Waals surface area contributed by atoms with Gasteiger partial charge in [-0.1, -0.05) is 48.5 Å². The molecule has 0 bridgehead atoms. The number of rotatable bonds is 4. The van der Waals surface area contributed by atoms with Crippen molar-refractivity contribution in [3.63, 3.8) is 0 Å². The fourth-order valence-electron chi connectivity index (χ4n) is 1.67. The average molecular weight is 253 g/mol. The third kappa shape index (κ3) is 3.13. The first-order chi connectivity index (χ1) is 9.18. The van der Waals surface area contributed by atoms with Crippen LogP contribution >= 0.6 is 0 Å². The van der Waals surface area contributed by atoms with E-state index in [0.29, 0.717) is 0 Å². The van der Waals surface area contributed by atoms with Crippen molar-refractivity contribution in [3.05, 3.63) is 81.9 Å². The van der Waals surface area contributed by atoms with Crippen LogP contribution in [0.5, 0.6) is 0 Å². The monoisotopic (exact) mass is 253 g/mol. The van der Waals surface area contributed by atoms with E-state index >= 15 is 0 Å². The Hall–Kier alpha value is -2.75. The fourth-order valence-corrected chi connectivity index (χ4v) is 1.67. The lowest BCUT2D eigenvalue weighted by molar-refractivity contribution is -0.385. The molecule has 2 rings (SSSR count). The smallest absolute Gasteiger partial charge is 0.280 e. The van der Waals surface area contributed by atoms with Crippen LogP contribution in [0, 0.1) is 10.1 Å². The van der Waals surface area contributed by atoms with Gasteiger partial charge in [0.25, 0.3) is 5.69 Å². The molecule has 0 amide bonds. The van der Waals surface area contributed by atoms with Gasteiger partial charge in [0.15, 0.2) is 5.78 Å². The molecule has 0 saturated carbocycles. The van der Waals surface area contributed by atoms with Gasteiger partial charge < -0.3 is 0 Å². The first-order valence-corrected chi connectivity index (χ1v) is 5.69. The first-order valence-electron chi connectivity index (χ1n) is 5.69. The molecular formula is C15H11NO3. The van der Waals surface area contributed by atoms with E-state index < -0.39 is 4.92 Å². The number of benzene rings is 2. The van der Waals surface area contributed by atoms with Crippen molar-refractivity contribution in [2.24, 2.45) is 0 Å². The van der Waals surface area contributed by atoms with Crippen molar-refractivity contribution in [1.82, 2.24) is 0 Å². The molecular weight excluding hydrogens is 242 g/mol. The van der Waals surface area contributed by atoms with E-state index in [1.165, 1.54) is 24.3 Å². The second-order valence-corrected chi connectivity index (χ2v) is 3.88. The van der Waals surface area contributed by atoms with Crippen LogP contribution in [0.15, 0.2) is 60.7 Å². The number of nitro benzene ring substituents is 1. The zero-order valence-electron chi connectivity index (χ0n) is 10.0. The number of para-hydroxylation sites is 1. The second-order valence-electron chi connectivity index (χ2n) is 3.88. The Morgan fingerprint density at radius 1 is 1.00 bits per heavy atom. The number of carbonyl (C=O) groups excluding carboxylic acids is 1. The van der Waals surface area contributed by atoms with Crippen molar-refractivity contribution in [2.75, 3.05) is 0 Å². The molecule has 4 nitrogen and oxygen atoms in total. The zero-order chi connectivity index (χ0) is 13.7. The van der Waals surface area contributed by atoms with Gasteiger partial charge in [0.1, 0.15) is 0 Å². The highest BCUT2D eigenvalue weighted by Crippen LogP contribution is 2.18. The largest absolute Gasteiger partial charge is 0.289 e. The Bertz CT molecular complexity index is 633. The number of nitro groups is 1. The predicted octanol–water partition coefficient (Wildman–Crippen LogP) is 3.49. The van der Waals surface area contributed by atoms with Crippen LogP contribution in [0.1, 0.15) is 15.9 Å². The van der Waals surface area contributed by atoms with Crippen LogP contribution in [0.25, 0.3) is 6.08 Å². The van der Waals surface area contributed by atoms with Crippen molar-refractivity contribution in [3.8, 4) is 0 Å². The summed E-state index contributed by atoms with van der Waals surface area (Å²) >= 11 is 0. The van der Waals surface area contributed by atoms with Crippen LogP contribution in [-0.2, 0) is 0 Å². The number of hydrogen-bond acceptors (Lipinski definition) is 3. The van der Waals surface area contributed by atoms with E-state index in [1.807, 2.05) is 30.3 Å². The Kier molecular flexibility index (Phi) is 3.83. The maximum atomic E-state index is 12.0. The van der Waals surface area contributed by atoms with Crippen molar-refractivity contribution in [2.45, 2.75) is 0 Å². The van der Waals surface area contributed by atoms with Gasteiger partial charge in [0.05, 0.1) is 10.5 Å². The Labute approximate surface area is 110 Å². The number of allylic oxidation sites excluding steroid dienone is 1. The molecule has 0 atom stereocenters. The maximum absolute atomic E-state index is 12.0. The van der Waals surface area contributed by atoms with Crippen LogP contribution < -0.4 is 0 Å². The normalized spacial score (nSPS) is 10.5. The molecule has 0 spiro atoms. The molecule has 19 heavy (non-hydrogen) atoms. The lowest BCUT2D eigenvalue weighted by Gasteiger charge is -1.98. The van der Waals surface area contributed by atoms with Gasteiger partial charge >= 0.3 is 0 Å². The number of ketones is 1. The van der Waals surface area contributed by atoms with E-state index in [9.17, 15) is 14.9 Å². The standard InChI is InChI=1S/C15H11NO3/c17-15(11-10-12-6-2-1-3-7-12)13-8-4-5-9-14(13)16(18)19/h1-11H/b11-10-. The van der Waals surface area contributed by atoms with E-state index in [0.717, 1.165) is 5.56 Å². The summed E-state index contributed by atoms with van der Waals surface area (Å²) in [7, 11) is 0. The molecule has 0 heterocycles. The molecule has 0 radical (unpaired) electrons. The van der Waals surface area contributed by atoms with Crippen LogP contribution in [0.3, 0.4) is 0 Å². The van der Waals surface area contributed by atoms with Gasteiger partial charge in [-0.3, -0.25) is 14.9 Å². The molecule has 0 unspecified atom stereocenters. The molecule has 2 aromatic rings. The molecule has 0 N–H and O–H groups in total. The zero-order valence-corrected chi connectivity index (χ0v) is 10.0. The third-order valence-corrected chi connectivity index (χ3v) is 2.59. The molecule has 0 aliphatic rings. The highest BCUT2D eigenvalue weighted by molar-refractivity contribution is 6.09. The molecule has 0 saturated heterocycles. The highest BCUT2D eigenvalue weighted by atomic mass is 16.6. The SMILES string of the molecule is O=C(/C=C\c1ccccc1)c1ccccc1[N+](=O)[O-]. The van der Waals surface area contributed by atoms with Crippen molar-refractivity contribution >= 4 is 17.5 Å². The van der Waals surface area contributed by atoms with E-state index in [2.05, 4.69) is 0 Å². The molecule has 94 valence electrons. The topological polar surface area (TPSA) is 60.2 Å². The van der Waals surface area contributed by atoms with Gasteiger partial charge in [-0.15, -0.1) is 0 Å². The van der Waals surface area contributed by atoms with Gasteiger partial charge in [-0.25, -0.2) is 0 Å². The number of hydrogen-bond donors (Lipinski definition) is 0. The Morgan fingerprint density at radius 2 is 1.63 bits per heavy atom. The molecule has 0 aromatic heterocycles. The minimum Gasteiger partial charge on any atom is -0.289 e.